The molecule has 2 atom stereocenters. The molecule has 0 amide bonds. The van der Waals surface area contributed by atoms with Gasteiger partial charge in [-0.05, 0) is 82.8 Å². The van der Waals surface area contributed by atoms with Crippen molar-refractivity contribution in [1.82, 2.24) is 39.9 Å². The van der Waals surface area contributed by atoms with Crippen LogP contribution in [-0.2, 0) is 42.4 Å². The van der Waals surface area contributed by atoms with E-state index >= 15 is 0 Å². The first kappa shape index (κ1) is 34.1. The van der Waals surface area contributed by atoms with Gasteiger partial charge in [-0.15, -0.1) is 0 Å². The van der Waals surface area contributed by atoms with Crippen molar-refractivity contribution in [2.75, 3.05) is 0 Å². The molecule has 0 radical (unpaired) electrons. The molecule has 0 saturated carbocycles. The quantitative estimate of drug-likeness (QED) is 0.145. The number of hydrogen-bond acceptors (Lipinski definition) is 14. The largest absolute Gasteiger partial charge is 0.768 e. The van der Waals surface area contributed by atoms with Gasteiger partial charge < -0.3 is 19.1 Å². The molecular formula is C32H16N8O10S4-2. The van der Waals surface area contributed by atoms with E-state index in [9.17, 15) is 43.5 Å². The van der Waals surface area contributed by atoms with Crippen LogP contribution < -0.4 is 0 Å². The Morgan fingerprint density at radius 3 is 1.67 bits per heavy atom. The number of aromatic amines is 2. The van der Waals surface area contributed by atoms with E-state index in [1.165, 1.54) is 42.5 Å². The zero-order valence-corrected chi connectivity index (χ0v) is 29.7. The summed E-state index contributed by atoms with van der Waals surface area (Å²) in [6.45, 7) is 0. The summed E-state index contributed by atoms with van der Waals surface area (Å²) < 4.78 is 117. The third kappa shape index (κ3) is 5.51. The molecule has 7 aromatic rings. The van der Waals surface area contributed by atoms with E-state index in [1.807, 2.05) is 0 Å². The highest BCUT2D eigenvalue weighted by atomic mass is 32.2. The van der Waals surface area contributed by atoms with Gasteiger partial charge in [0, 0.05) is 53.6 Å². The smallest absolute Gasteiger partial charge is 0.294 e. The van der Waals surface area contributed by atoms with E-state index in [2.05, 4.69) is 39.9 Å². The van der Waals surface area contributed by atoms with Gasteiger partial charge in [-0.1, -0.05) is 12.1 Å². The monoisotopic (exact) mass is 800 g/mol. The van der Waals surface area contributed by atoms with Gasteiger partial charge in [0.15, 0.2) is 23.3 Å². The lowest BCUT2D eigenvalue weighted by molar-refractivity contribution is 0.481. The first-order chi connectivity index (χ1) is 25.6. The zero-order valence-electron chi connectivity index (χ0n) is 26.4. The summed E-state index contributed by atoms with van der Waals surface area (Å²) in [7, 11) is -9.40. The molecule has 5 heterocycles. The third-order valence-corrected chi connectivity index (χ3v) is 11.7. The molecule has 18 nitrogen and oxygen atoms in total. The molecule has 9 rings (SSSR count). The highest BCUT2D eigenvalue weighted by Gasteiger charge is 2.26. The van der Waals surface area contributed by atoms with Crippen molar-refractivity contribution in [3.8, 4) is 45.6 Å². The van der Waals surface area contributed by atoms with E-state index < -0.39 is 52.2 Å². The molecule has 270 valence electrons. The van der Waals surface area contributed by atoms with E-state index in [1.54, 1.807) is 6.07 Å². The Bertz CT molecular complexity index is 3310. The summed E-state index contributed by atoms with van der Waals surface area (Å²) in [6.07, 6.45) is 0. The summed E-state index contributed by atoms with van der Waals surface area (Å²) in [6, 6.07) is 15.8. The SMILES string of the molecule is O=S([O-])c1ccc2c3nc4nc(nc5[nH]c(nc6nc(nc([nH]3)c2c1)-c1ccc(S(=O)(=O)O)cc1-6)c1ccc(S(=O)(=O)O)cc51)-c1cccc(S(=O)[O-])c1-4. The van der Waals surface area contributed by atoms with Crippen molar-refractivity contribution >= 4 is 86.5 Å². The van der Waals surface area contributed by atoms with Crippen LogP contribution >= 0.6 is 0 Å². The summed E-state index contributed by atoms with van der Waals surface area (Å²) in [5, 5.41) is 1.03. The van der Waals surface area contributed by atoms with Crippen molar-refractivity contribution in [1.29, 1.82) is 0 Å². The van der Waals surface area contributed by atoms with Crippen LogP contribution in [0.15, 0.2) is 92.4 Å². The summed E-state index contributed by atoms with van der Waals surface area (Å²) >= 11 is -5.41. The maximum absolute atomic E-state index is 12.5. The molecule has 4 aromatic carbocycles. The van der Waals surface area contributed by atoms with E-state index in [4.69, 9.17) is 0 Å². The lowest BCUT2D eigenvalue weighted by Crippen LogP contribution is -1.98. The van der Waals surface area contributed by atoms with Crippen LogP contribution in [-0.4, -0.2) is 83.3 Å². The Balaban J connectivity index is 1.51. The molecule has 0 aliphatic carbocycles. The van der Waals surface area contributed by atoms with Crippen molar-refractivity contribution in [2.45, 2.75) is 19.6 Å². The van der Waals surface area contributed by atoms with E-state index in [0.29, 0.717) is 5.39 Å². The maximum Gasteiger partial charge on any atom is 0.294 e. The minimum atomic E-state index is -4.70. The van der Waals surface area contributed by atoms with Crippen LogP contribution in [0.5, 0.6) is 0 Å². The number of nitrogens with one attached hydrogen (secondary N) is 2. The molecule has 0 saturated heterocycles. The molecule has 0 spiro atoms. The zero-order chi connectivity index (χ0) is 37.8. The van der Waals surface area contributed by atoms with Gasteiger partial charge in [-0.3, -0.25) is 17.5 Å². The fourth-order valence-corrected chi connectivity index (χ4v) is 8.27. The van der Waals surface area contributed by atoms with Gasteiger partial charge in [0.05, 0.1) is 9.79 Å². The fourth-order valence-electron chi connectivity index (χ4n) is 6.31. The minimum absolute atomic E-state index is 0.0151. The Morgan fingerprint density at radius 2 is 1.04 bits per heavy atom. The van der Waals surface area contributed by atoms with Crippen LogP contribution in [0.4, 0.5) is 0 Å². The number of H-pyrrole nitrogens is 2. The van der Waals surface area contributed by atoms with Crippen LogP contribution in [0.2, 0.25) is 0 Å². The lowest BCUT2D eigenvalue weighted by atomic mass is 10.1. The standard InChI is InChI=1S/C32H18N8O10S4/c41-51(42)13-4-7-16-20(10-13)29-33-25-17-8-5-14(53(45,46)47)11-21(17)30(34-25)35-26-18-9-6-15(54(48,49)50)12-22(18)31(36-26)38-28-19-2-1-3-23(52(43)44)24(19)32(40-28)39-27(16)37-29/h1-12H,(H,41,42)(H,43,44)(H,45,46,47)(H,48,49,50)(H2,33,34,35,36,37,38,39,40)/p-2. The van der Waals surface area contributed by atoms with Gasteiger partial charge in [-0.25, -0.2) is 29.9 Å². The summed E-state index contributed by atoms with van der Waals surface area (Å²) in [5.41, 5.74) is 0.890. The number of hydrogen-bond donors (Lipinski definition) is 4. The second-order valence-electron chi connectivity index (χ2n) is 11.8. The average molecular weight is 801 g/mol. The van der Waals surface area contributed by atoms with Crippen molar-refractivity contribution in [3.05, 3.63) is 72.8 Å². The maximum atomic E-state index is 12.5. The Kier molecular flexibility index (Phi) is 7.50. The highest BCUT2D eigenvalue weighted by Crippen LogP contribution is 2.40. The predicted octanol–water partition coefficient (Wildman–Crippen LogP) is 3.84. The van der Waals surface area contributed by atoms with Crippen LogP contribution in [0.3, 0.4) is 0 Å². The fraction of sp³-hybridized carbons (Fsp3) is 0. The first-order valence-corrected chi connectivity index (χ1v) is 20.2. The van der Waals surface area contributed by atoms with Gasteiger partial charge in [0.1, 0.15) is 22.6 Å². The first-order valence-electron chi connectivity index (χ1n) is 15.2. The number of nitrogens with zero attached hydrogens (tertiary/aromatic N) is 6. The van der Waals surface area contributed by atoms with Gasteiger partial charge in [-0.2, -0.15) is 16.8 Å². The number of benzene rings is 4. The lowest BCUT2D eigenvalue weighted by Gasteiger charge is -2.09. The number of aromatic nitrogens is 8. The van der Waals surface area contributed by atoms with Gasteiger partial charge >= 0.3 is 0 Å². The second-order valence-corrected chi connectivity index (χ2v) is 16.5. The highest BCUT2D eigenvalue weighted by molar-refractivity contribution is 7.86. The molecular weight excluding hydrogens is 785 g/mol. The number of rotatable bonds is 4. The number of fused-ring (bicyclic) bond motifs is 20. The molecule has 8 bridgehead atoms. The molecule has 54 heavy (non-hydrogen) atoms. The van der Waals surface area contributed by atoms with Crippen LogP contribution in [0, 0.1) is 0 Å². The Labute approximate surface area is 306 Å². The Morgan fingerprint density at radius 1 is 0.519 bits per heavy atom. The molecule has 2 aliphatic rings. The minimum Gasteiger partial charge on any atom is -0.768 e. The van der Waals surface area contributed by atoms with E-state index in [0.717, 1.165) is 24.3 Å². The Hall–Kier alpha value is -5.72. The van der Waals surface area contributed by atoms with Gasteiger partial charge in [0.25, 0.3) is 20.2 Å². The molecule has 2 aliphatic heterocycles. The normalized spacial score (nSPS) is 13.9. The van der Waals surface area contributed by atoms with E-state index in [-0.39, 0.29) is 94.1 Å². The van der Waals surface area contributed by atoms with Crippen molar-refractivity contribution in [3.63, 3.8) is 0 Å². The van der Waals surface area contributed by atoms with Gasteiger partial charge in [0.2, 0.25) is 0 Å². The molecule has 2 unspecified atom stereocenters. The molecule has 0 fully saturated rings. The van der Waals surface area contributed by atoms with Crippen molar-refractivity contribution in [2.24, 2.45) is 0 Å². The topological polar surface area (TPSA) is 298 Å². The molecule has 3 aromatic heterocycles. The van der Waals surface area contributed by atoms with Crippen LogP contribution in [0.25, 0.3) is 89.7 Å². The summed E-state index contributed by atoms with van der Waals surface area (Å²) in [5.74, 6) is -0.257. The average Bonchev–Trinajstić information content (AvgIpc) is 3.85. The predicted molar refractivity (Wildman–Crippen MR) is 190 cm³/mol. The molecule has 22 heteroatoms. The van der Waals surface area contributed by atoms with Crippen LogP contribution in [0.1, 0.15) is 0 Å². The molecule has 4 N–H and O–H groups in total. The third-order valence-electron chi connectivity index (χ3n) is 8.70. The summed E-state index contributed by atoms with van der Waals surface area (Å²) in [4.78, 5) is 32.7. The van der Waals surface area contributed by atoms with Crippen molar-refractivity contribution < 1.29 is 43.5 Å². The second kappa shape index (κ2) is 11.9.